The van der Waals surface area contributed by atoms with E-state index in [0.717, 1.165) is 26.9 Å². The molecule has 4 rings (SSSR count). The standard InChI is InChI=1S/C21H19N3O2S/c1-13-9-10-14(2)19-18(13)22-21(27-19)24(12-16-7-5-4-6-8-16)20(25)17-11-15(3)23-26-17/h4-11H,12H2,1-3H3. The number of carbonyl (C=O) groups is 1. The van der Waals surface area contributed by atoms with Gasteiger partial charge in [-0.15, -0.1) is 0 Å². The van der Waals surface area contributed by atoms with Crippen LogP contribution < -0.4 is 4.90 Å². The first-order chi connectivity index (χ1) is 13.0. The van der Waals surface area contributed by atoms with E-state index in [1.165, 1.54) is 11.3 Å². The molecule has 0 saturated carbocycles. The molecular weight excluding hydrogens is 358 g/mol. The van der Waals surface area contributed by atoms with E-state index in [9.17, 15) is 4.79 Å². The fourth-order valence-corrected chi connectivity index (χ4v) is 4.06. The van der Waals surface area contributed by atoms with E-state index in [0.29, 0.717) is 17.4 Å². The fourth-order valence-electron chi connectivity index (χ4n) is 2.95. The molecule has 5 nitrogen and oxygen atoms in total. The number of rotatable bonds is 4. The van der Waals surface area contributed by atoms with Crippen LogP contribution in [-0.2, 0) is 6.54 Å². The van der Waals surface area contributed by atoms with E-state index in [2.05, 4.69) is 24.2 Å². The molecule has 0 aliphatic carbocycles. The van der Waals surface area contributed by atoms with E-state index in [1.54, 1.807) is 17.9 Å². The lowest BCUT2D eigenvalue weighted by atomic mass is 10.1. The molecule has 0 aliphatic rings. The van der Waals surface area contributed by atoms with E-state index in [4.69, 9.17) is 9.51 Å². The summed E-state index contributed by atoms with van der Waals surface area (Å²) in [5.74, 6) is -0.0232. The second-order valence-electron chi connectivity index (χ2n) is 6.58. The van der Waals surface area contributed by atoms with Crippen LogP contribution >= 0.6 is 11.3 Å². The summed E-state index contributed by atoms with van der Waals surface area (Å²) in [6.45, 7) is 6.31. The van der Waals surface area contributed by atoms with Crippen LogP contribution in [0, 0.1) is 20.8 Å². The Kier molecular flexibility index (Phi) is 4.49. The van der Waals surface area contributed by atoms with Crippen molar-refractivity contribution < 1.29 is 9.32 Å². The van der Waals surface area contributed by atoms with E-state index < -0.39 is 0 Å². The highest BCUT2D eigenvalue weighted by molar-refractivity contribution is 7.22. The molecule has 0 aliphatic heterocycles. The predicted molar refractivity (Wildman–Crippen MR) is 107 cm³/mol. The molecule has 2 aromatic heterocycles. The molecule has 6 heteroatoms. The van der Waals surface area contributed by atoms with Crippen LogP contribution in [0.3, 0.4) is 0 Å². The van der Waals surface area contributed by atoms with Crippen LogP contribution in [0.1, 0.15) is 32.9 Å². The van der Waals surface area contributed by atoms with Gasteiger partial charge in [-0.2, -0.15) is 0 Å². The maximum absolute atomic E-state index is 13.2. The predicted octanol–water partition coefficient (Wildman–Crippen LogP) is 5.06. The van der Waals surface area contributed by atoms with Crippen molar-refractivity contribution in [1.82, 2.24) is 10.1 Å². The number of hydrogen-bond donors (Lipinski definition) is 0. The molecule has 2 aromatic carbocycles. The van der Waals surface area contributed by atoms with Crippen LogP contribution in [-0.4, -0.2) is 16.0 Å². The first-order valence-corrected chi connectivity index (χ1v) is 9.50. The van der Waals surface area contributed by atoms with Gasteiger partial charge >= 0.3 is 0 Å². The molecule has 0 saturated heterocycles. The van der Waals surface area contributed by atoms with Crippen LogP contribution in [0.4, 0.5) is 5.13 Å². The number of nitrogens with zero attached hydrogens (tertiary/aromatic N) is 3. The summed E-state index contributed by atoms with van der Waals surface area (Å²) in [4.78, 5) is 19.6. The highest BCUT2D eigenvalue weighted by Gasteiger charge is 2.25. The lowest BCUT2D eigenvalue weighted by Crippen LogP contribution is -2.30. The Balaban J connectivity index is 1.81. The summed E-state index contributed by atoms with van der Waals surface area (Å²) in [5, 5.41) is 4.51. The minimum atomic E-state index is -0.242. The minimum absolute atomic E-state index is 0.219. The summed E-state index contributed by atoms with van der Waals surface area (Å²) >= 11 is 1.53. The lowest BCUT2D eigenvalue weighted by Gasteiger charge is -2.18. The minimum Gasteiger partial charge on any atom is -0.351 e. The molecule has 1 amide bonds. The Labute approximate surface area is 161 Å². The van der Waals surface area contributed by atoms with Crippen molar-refractivity contribution in [3.05, 3.63) is 76.7 Å². The van der Waals surface area contributed by atoms with Gasteiger partial charge in [-0.05, 0) is 37.5 Å². The van der Waals surface area contributed by atoms with Gasteiger partial charge in [-0.1, -0.05) is 59.0 Å². The van der Waals surface area contributed by atoms with E-state index >= 15 is 0 Å². The normalized spacial score (nSPS) is 11.1. The SMILES string of the molecule is Cc1cc(C(=O)N(Cc2ccccc2)c2nc3c(C)ccc(C)c3s2)on1. The highest BCUT2D eigenvalue weighted by Crippen LogP contribution is 2.34. The molecule has 0 radical (unpaired) electrons. The van der Waals surface area contributed by atoms with E-state index in [1.807, 2.05) is 37.3 Å². The summed E-state index contributed by atoms with van der Waals surface area (Å²) in [6, 6.07) is 15.7. The molecule has 0 N–H and O–H groups in total. The third kappa shape index (κ3) is 3.36. The molecule has 0 unspecified atom stereocenters. The van der Waals surface area contributed by atoms with Gasteiger partial charge in [0.05, 0.1) is 22.5 Å². The number of anilines is 1. The molecule has 2 heterocycles. The third-order valence-electron chi connectivity index (χ3n) is 4.43. The Morgan fingerprint density at radius 1 is 1.07 bits per heavy atom. The summed E-state index contributed by atoms with van der Waals surface area (Å²) in [7, 11) is 0. The molecule has 27 heavy (non-hydrogen) atoms. The molecule has 0 fully saturated rings. The zero-order valence-corrected chi connectivity index (χ0v) is 16.2. The Hall–Kier alpha value is -2.99. The zero-order chi connectivity index (χ0) is 19.0. The average Bonchev–Trinajstić information content (AvgIpc) is 3.30. The van der Waals surface area contributed by atoms with Gasteiger partial charge in [-0.3, -0.25) is 9.69 Å². The second-order valence-corrected chi connectivity index (χ2v) is 7.56. The van der Waals surface area contributed by atoms with Crippen molar-refractivity contribution >= 4 is 32.6 Å². The van der Waals surface area contributed by atoms with Crippen molar-refractivity contribution in [2.45, 2.75) is 27.3 Å². The fraction of sp³-hybridized carbons (Fsp3) is 0.190. The quantitative estimate of drug-likeness (QED) is 0.499. The molecule has 136 valence electrons. The van der Waals surface area contributed by atoms with Gasteiger partial charge in [0.1, 0.15) is 0 Å². The first kappa shape index (κ1) is 17.4. The number of aromatic nitrogens is 2. The van der Waals surface area contributed by atoms with E-state index in [-0.39, 0.29) is 11.7 Å². The highest BCUT2D eigenvalue weighted by atomic mass is 32.1. The third-order valence-corrected chi connectivity index (χ3v) is 5.64. The van der Waals surface area contributed by atoms with Gasteiger partial charge in [0.2, 0.25) is 5.76 Å². The van der Waals surface area contributed by atoms with Crippen molar-refractivity contribution in [2.24, 2.45) is 0 Å². The summed E-state index contributed by atoms with van der Waals surface area (Å²) in [5.41, 5.74) is 4.89. The number of thiazole rings is 1. The van der Waals surface area contributed by atoms with Crippen molar-refractivity contribution in [3.63, 3.8) is 0 Å². The zero-order valence-electron chi connectivity index (χ0n) is 15.4. The molecular formula is C21H19N3O2S. The van der Waals surface area contributed by atoms with Gasteiger partial charge in [0, 0.05) is 6.07 Å². The van der Waals surface area contributed by atoms with Crippen LogP contribution in [0.2, 0.25) is 0 Å². The second kappa shape index (κ2) is 6.96. The van der Waals surface area contributed by atoms with Crippen LogP contribution in [0.5, 0.6) is 0 Å². The number of benzene rings is 2. The van der Waals surface area contributed by atoms with Gasteiger partial charge in [0.25, 0.3) is 5.91 Å². The number of aryl methyl sites for hydroxylation is 3. The average molecular weight is 377 g/mol. The maximum atomic E-state index is 13.2. The van der Waals surface area contributed by atoms with Gasteiger partial charge in [-0.25, -0.2) is 4.98 Å². The summed E-state index contributed by atoms with van der Waals surface area (Å²) in [6.07, 6.45) is 0. The lowest BCUT2D eigenvalue weighted by molar-refractivity contribution is 0.0949. The number of fused-ring (bicyclic) bond motifs is 1. The van der Waals surface area contributed by atoms with Crippen LogP contribution in [0.15, 0.2) is 53.1 Å². The Bertz CT molecular complexity index is 1080. The molecule has 4 aromatic rings. The number of hydrogen-bond acceptors (Lipinski definition) is 5. The summed E-state index contributed by atoms with van der Waals surface area (Å²) < 4.78 is 6.32. The number of carbonyl (C=O) groups excluding carboxylic acids is 1. The Morgan fingerprint density at radius 3 is 2.48 bits per heavy atom. The van der Waals surface area contributed by atoms with Crippen molar-refractivity contribution in [2.75, 3.05) is 4.90 Å². The largest absolute Gasteiger partial charge is 0.351 e. The van der Waals surface area contributed by atoms with Crippen molar-refractivity contribution in [1.29, 1.82) is 0 Å². The van der Waals surface area contributed by atoms with Gasteiger partial charge < -0.3 is 4.52 Å². The monoisotopic (exact) mass is 377 g/mol. The van der Waals surface area contributed by atoms with Crippen LogP contribution in [0.25, 0.3) is 10.2 Å². The topological polar surface area (TPSA) is 59.2 Å². The first-order valence-electron chi connectivity index (χ1n) is 8.69. The molecule has 0 spiro atoms. The van der Waals surface area contributed by atoms with Gasteiger partial charge in [0.15, 0.2) is 5.13 Å². The molecule has 0 atom stereocenters. The Morgan fingerprint density at radius 2 is 1.81 bits per heavy atom. The smallest absolute Gasteiger partial charge is 0.298 e. The van der Waals surface area contributed by atoms with Crippen molar-refractivity contribution in [3.8, 4) is 0 Å². The number of amides is 1. The molecule has 0 bridgehead atoms. The maximum Gasteiger partial charge on any atom is 0.298 e.